The molecule has 0 amide bonds. The van der Waals surface area contributed by atoms with E-state index in [1.54, 1.807) is 18.2 Å². The van der Waals surface area contributed by atoms with Crippen molar-refractivity contribution in [1.29, 1.82) is 0 Å². The lowest BCUT2D eigenvalue weighted by molar-refractivity contribution is -0.140. The molecule has 3 aromatic rings. The highest BCUT2D eigenvalue weighted by molar-refractivity contribution is 6.99. The Bertz CT molecular complexity index is 1410. The fourth-order valence-corrected chi connectivity index (χ4v) is 10.9. The van der Waals surface area contributed by atoms with E-state index in [1.165, 1.54) is 17.3 Å². The number of benzene rings is 3. The summed E-state index contributed by atoms with van der Waals surface area (Å²) < 4.78 is 31.3. The fraction of sp³-hybridized carbons (Fsp3) is 0.353. The summed E-state index contributed by atoms with van der Waals surface area (Å²) in [5.74, 6) is -0.470. The molecule has 9 heteroatoms. The number of esters is 1. The molecular formula is C34H38O8Si. The van der Waals surface area contributed by atoms with Crippen LogP contribution in [-0.4, -0.2) is 56.9 Å². The van der Waals surface area contributed by atoms with Crippen LogP contribution in [0, 0.1) is 5.92 Å². The van der Waals surface area contributed by atoms with Crippen LogP contribution in [-0.2, 0) is 18.8 Å². The molecule has 5 rings (SSSR count). The number of rotatable bonds is 10. The van der Waals surface area contributed by atoms with Gasteiger partial charge in [-0.2, -0.15) is 0 Å². The summed E-state index contributed by atoms with van der Waals surface area (Å²) in [5.41, 5.74) is 0. The van der Waals surface area contributed by atoms with Crippen molar-refractivity contribution < 1.29 is 38.1 Å². The van der Waals surface area contributed by atoms with Gasteiger partial charge >= 0.3 is 11.9 Å². The molecule has 1 saturated carbocycles. The van der Waals surface area contributed by atoms with Gasteiger partial charge in [0, 0.05) is 19.3 Å². The van der Waals surface area contributed by atoms with Gasteiger partial charge in [0.25, 0.3) is 8.32 Å². The van der Waals surface area contributed by atoms with Crippen LogP contribution in [0.4, 0.5) is 0 Å². The first-order valence-electron chi connectivity index (χ1n) is 14.5. The van der Waals surface area contributed by atoms with Crippen molar-refractivity contribution in [1.82, 2.24) is 0 Å². The van der Waals surface area contributed by atoms with Crippen LogP contribution in [0.5, 0.6) is 17.2 Å². The minimum absolute atomic E-state index is 0.139. The normalized spacial score (nSPS) is 21.3. The lowest BCUT2D eigenvalue weighted by Crippen LogP contribution is -2.68. The number of aliphatic carboxylic acids is 1. The van der Waals surface area contributed by atoms with Crippen molar-refractivity contribution in [3.05, 3.63) is 91.0 Å². The van der Waals surface area contributed by atoms with Crippen molar-refractivity contribution in [3.8, 4) is 17.2 Å². The van der Waals surface area contributed by atoms with Gasteiger partial charge in [-0.1, -0.05) is 99.7 Å². The van der Waals surface area contributed by atoms with Crippen LogP contribution < -0.4 is 24.6 Å². The minimum Gasteiger partial charge on any atom is -0.482 e. The van der Waals surface area contributed by atoms with Gasteiger partial charge in [-0.05, 0) is 27.5 Å². The molecule has 1 heterocycles. The zero-order valence-corrected chi connectivity index (χ0v) is 25.9. The van der Waals surface area contributed by atoms with E-state index in [0.29, 0.717) is 23.7 Å². The third kappa shape index (κ3) is 6.33. The van der Waals surface area contributed by atoms with Crippen molar-refractivity contribution in [3.63, 3.8) is 0 Å². The lowest BCUT2D eigenvalue weighted by atomic mass is 10.0. The molecule has 0 radical (unpaired) electrons. The van der Waals surface area contributed by atoms with E-state index >= 15 is 0 Å². The zero-order valence-electron chi connectivity index (χ0n) is 24.9. The Morgan fingerprint density at radius 2 is 1.60 bits per heavy atom. The van der Waals surface area contributed by atoms with Crippen molar-refractivity contribution in [2.75, 3.05) is 13.2 Å². The van der Waals surface area contributed by atoms with E-state index in [2.05, 4.69) is 69.3 Å². The summed E-state index contributed by atoms with van der Waals surface area (Å²) in [4.78, 5) is 22.6. The third-order valence-electron chi connectivity index (χ3n) is 7.95. The average Bonchev–Trinajstić information content (AvgIpc) is 3.31. The van der Waals surface area contributed by atoms with E-state index in [1.807, 2.05) is 24.3 Å². The predicted octanol–water partition coefficient (Wildman–Crippen LogP) is 4.74. The van der Waals surface area contributed by atoms with Gasteiger partial charge < -0.3 is 28.5 Å². The summed E-state index contributed by atoms with van der Waals surface area (Å²) in [5, 5.41) is 11.2. The van der Waals surface area contributed by atoms with Crippen LogP contribution in [0.3, 0.4) is 0 Å². The maximum atomic E-state index is 11.4. The lowest BCUT2D eigenvalue weighted by Gasteiger charge is -2.45. The van der Waals surface area contributed by atoms with Gasteiger partial charge in [0.2, 0.25) is 5.75 Å². The number of hydrogen-bond acceptors (Lipinski definition) is 7. The first-order chi connectivity index (χ1) is 20.6. The maximum Gasteiger partial charge on any atom is 0.341 e. The molecule has 0 spiro atoms. The highest BCUT2D eigenvalue weighted by Gasteiger charge is 2.56. The number of carboxylic acid groups (broad SMARTS) is 1. The van der Waals surface area contributed by atoms with E-state index in [0.717, 1.165) is 0 Å². The summed E-state index contributed by atoms with van der Waals surface area (Å²) >= 11 is 0. The largest absolute Gasteiger partial charge is 0.482 e. The summed E-state index contributed by atoms with van der Waals surface area (Å²) in [6.07, 6.45) is 3.31. The second-order valence-electron chi connectivity index (χ2n) is 11.9. The molecule has 2 aliphatic rings. The van der Waals surface area contributed by atoms with E-state index < -0.39 is 20.9 Å². The van der Waals surface area contributed by atoms with E-state index in [4.69, 9.17) is 28.5 Å². The molecule has 8 nitrogen and oxygen atoms in total. The van der Waals surface area contributed by atoms with Crippen LogP contribution in [0.1, 0.15) is 34.1 Å². The van der Waals surface area contributed by atoms with Crippen LogP contribution in [0.2, 0.25) is 5.04 Å². The number of carboxylic acids is 1. The third-order valence-corrected chi connectivity index (χ3v) is 13.0. The SMILES string of the molecule is CC(=O)OC/C=C/[C@@H]1[C@H]2Oc3cccc(OCC(=O)O)c3O[C@H]2C[C@H]1O[Si](c1ccccc1)(c1ccccc1)C(C)(C)C. The number of fused-ring (bicyclic) bond motifs is 2. The summed E-state index contributed by atoms with van der Waals surface area (Å²) in [7, 11) is -2.92. The van der Waals surface area contributed by atoms with Crippen LogP contribution in [0.25, 0.3) is 0 Å². The minimum atomic E-state index is -2.92. The molecule has 43 heavy (non-hydrogen) atoms. The van der Waals surface area contributed by atoms with Crippen molar-refractivity contribution >= 4 is 30.6 Å². The van der Waals surface area contributed by atoms with Gasteiger partial charge in [-0.25, -0.2) is 4.79 Å². The Morgan fingerprint density at radius 1 is 0.953 bits per heavy atom. The van der Waals surface area contributed by atoms with E-state index in [-0.39, 0.29) is 41.8 Å². The number of ether oxygens (including phenoxy) is 4. The standard InChI is InChI=1S/C34H38O8Si/c1-23(35)38-20-12-17-26-29(21-30-32(26)40-28-19-11-18-27(33(28)41-30)39-22-31(36)37)42-43(34(2,3)4,24-13-7-5-8-14-24)25-15-9-6-10-16-25/h5-19,26,29-30,32H,20-22H2,1-4H3,(H,36,37)/b17-12+/t26-,29+,30-,32+/m0/s1. The molecule has 0 unspecified atom stereocenters. The monoisotopic (exact) mass is 602 g/mol. The predicted molar refractivity (Wildman–Crippen MR) is 165 cm³/mol. The summed E-state index contributed by atoms with van der Waals surface area (Å²) in [6.45, 7) is 7.74. The number of carbonyl (C=O) groups excluding carboxylic acids is 1. The Balaban J connectivity index is 1.55. The molecule has 1 fully saturated rings. The zero-order chi connectivity index (χ0) is 30.6. The van der Waals surface area contributed by atoms with Gasteiger partial charge in [-0.15, -0.1) is 0 Å². The first kappa shape index (κ1) is 30.4. The topological polar surface area (TPSA) is 101 Å². The molecule has 0 saturated heterocycles. The molecule has 1 N–H and O–H groups in total. The molecule has 1 aliphatic heterocycles. The molecule has 0 aromatic heterocycles. The smallest absolute Gasteiger partial charge is 0.341 e. The summed E-state index contributed by atoms with van der Waals surface area (Å²) in [6, 6.07) is 26.1. The van der Waals surface area contributed by atoms with Crippen LogP contribution in [0.15, 0.2) is 91.0 Å². The molecule has 1 aliphatic carbocycles. The van der Waals surface area contributed by atoms with Gasteiger partial charge in [0.1, 0.15) is 18.8 Å². The average molecular weight is 603 g/mol. The number of carbonyl (C=O) groups is 2. The van der Waals surface area contributed by atoms with Gasteiger partial charge in [0.15, 0.2) is 18.1 Å². The molecule has 3 aromatic carbocycles. The van der Waals surface area contributed by atoms with Crippen LogP contribution >= 0.6 is 0 Å². The van der Waals surface area contributed by atoms with Gasteiger partial charge in [0.05, 0.1) is 6.10 Å². The molecule has 226 valence electrons. The fourth-order valence-electron chi connectivity index (χ4n) is 6.16. The number of hydrogen-bond donors (Lipinski definition) is 1. The quantitative estimate of drug-likeness (QED) is 0.202. The Morgan fingerprint density at radius 3 is 2.19 bits per heavy atom. The maximum absolute atomic E-state index is 11.4. The number of para-hydroxylation sites is 1. The highest BCUT2D eigenvalue weighted by atomic mass is 28.4. The first-order valence-corrected chi connectivity index (χ1v) is 16.4. The van der Waals surface area contributed by atoms with Crippen molar-refractivity contribution in [2.24, 2.45) is 5.92 Å². The molecule has 0 bridgehead atoms. The Labute approximate surface area is 253 Å². The van der Waals surface area contributed by atoms with Crippen molar-refractivity contribution in [2.45, 2.75) is 57.5 Å². The molecule has 4 atom stereocenters. The second-order valence-corrected chi connectivity index (χ2v) is 16.1. The highest BCUT2D eigenvalue weighted by Crippen LogP contribution is 2.49. The Kier molecular flexibility index (Phi) is 8.94. The molecular weight excluding hydrogens is 564 g/mol. The van der Waals surface area contributed by atoms with Gasteiger partial charge in [-0.3, -0.25) is 4.79 Å². The second kappa shape index (κ2) is 12.6. The Hall–Kier alpha value is -4.08. The van der Waals surface area contributed by atoms with E-state index in [9.17, 15) is 9.59 Å².